The Bertz CT molecular complexity index is 982. The van der Waals surface area contributed by atoms with Crippen LogP contribution in [0.1, 0.15) is 41.4 Å². The molecular weight excluding hydrogens is 372 g/mol. The quantitative estimate of drug-likeness (QED) is 0.416. The molecule has 0 bridgehead atoms. The maximum absolute atomic E-state index is 12.6. The van der Waals surface area contributed by atoms with Crippen LogP contribution in [0.4, 0.5) is 11.4 Å². The number of hydrogen-bond donors (Lipinski definition) is 1. The molecule has 0 saturated heterocycles. The van der Waals surface area contributed by atoms with Gasteiger partial charge in [0.25, 0.3) is 11.6 Å². The number of amides is 1. The Morgan fingerprint density at radius 2 is 1.96 bits per heavy atom. The molecule has 134 valence electrons. The molecule has 0 aliphatic carbocycles. The Morgan fingerprint density at radius 3 is 2.58 bits per heavy atom. The van der Waals surface area contributed by atoms with E-state index in [2.05, 4.69) is 19.2 Å². The fourth-order valence-corrected chi connectivity index (χ4v) is 4.17. The van der Waals surface area contributed by atoms with Crippen molar-refractivity contribution in [2.75, 3.05) is 5.32 Å². The number of nitrogens with zero attached hydrogens (tertiary/aromatic N) is 1. The molecule has 7 heteroatoms. The Hall–Kier alpha value is -2.44. The van der Waals surface area contributed by atoms with E-state index in [9.17, 15) is 14.9 Å². The highest BCUT2D eigenvalue weighted by Gasteiger charge is 2.22. The smallest absolute Gasteiger partial charge is 0.287 e. The lowest BCUT2D eigenvalue weighted by molar-refractivity contribution is -0.382. The van der Waals surface area contributed by atoms with Crippen molar-refractivity contribution in [3.05, 3.63) is 68.0 Å². The molecule has 0 radical (unpaired) electrons. The molecule has 1 atom stereocenters. The third kappa shape index (κ3) is 3.43. The highest BCUT2D eigenvalue weighted by Crippen LogP contribution is 2.40. The summed E-state index contributed by atoms with van der Waals surface area (Å²) in [7, 11) is 0. The molecule has 1 N–H and O–H groups in total. The number of benzene rings is 2. The van der Waals surface area contributed by atoms with Crippen molar-refractivity contribution in [2.24, 2.45) is 0 Å². The summed E-state index contributed by atoms with van der Waals surface area (Å²) in [4.78, 5) is 23.6. The largest absolute Gasteiger partial charge is 0.321 e. The number of halogens is 1. The van der Waals surface area contributed by atoms with E-state index in [0.717, 1.165) is 17.8 Å². The van der Waals surface area contributed by atoms with Gasteiger partial charge in [0.05, 0.1) is 9.95 Å². The lowest BCUT2D eigenvalue weighted by atomic mass is 9.99. The van der Waals surface area contributed by atoms with Crippen molar-refractivity contribution in [2.45, 2.75) is 26.2 Å². The molecule has 0 fully saturated rings. The second kappa shape index (κ2) is 7.43. The molecule has 5 nitrogen and oxygen atoms in total. The minimum atomic E-state index is -0.468. The maximum atomic E-state index is 12.6. The van der Waals surface area contributed by atoms with Gasteiger partial charge in [-0.15, -0.1) is 11.3 Å². The van der Waals surface area contributed by atoms with Gasteiger partial charge >= 0.3 is 0 Å². The van der Waals surface area contributed by atoms with E-state index >= 15 is 0 Å². The SMILES string of the molecule is CC[C@@H](C)c1ccc(NC(=O)c2sc3c([N+](=O)[O-])cccc3c2Cl)cc1. The van der Waals surface area contributed by atoms with E-state index in [0.29, 0.717) is 21.7 Å². The molecule has 26 heavy (non-hydrogen) atoms. The number of nitro benzene ring substituents is 1. The van der Waals surface area contributed by atoms with E-state index in [4.69, 9.17) is 11.6 Å². The van der Waals surface area contributed by atoms with Crippen LogP contribution in [-0.4, -0.2) is 10.8 Å². The summed E-state index contributed by atoms with van der Waals surface area (Å²) in [5.74, 6) is 0.0825. The molecule has 0 unspecified atom stereocenters. The van der Waals surface area contributed by atoms with E-state index in [1.807, 2.05) is 24.3 Å². The average molecular weight is 389 g/mol. The molecule has 1 amide bonds. The van der Waals surface area contributed by atoms with Crippen LogP contribution in [0.3, 0.4) is 0 Å². The molecule has 0 spiro atoms. The maximum Gasteiger partial charge on any atom is 0.287 e. The second-order valence-electron chi connectivity index (χ2n) is 6.04. The van der Waals surface area contributed by atoms with Gasteiger partial charge in [0.15, 0.2) is 0 Å². The second-order valence-corrected chi connectivity index (χ2v) is 7.44. The lowest BCUT2D eigenvalue weighted by Gasteiger charge is -2.10. The van der Waals surface area contributed by atoms with Gasteiger partial charge in [-0.25, -0.2) is 0 Å². The van der Waals surface area contributed by atoms with Gasteiger partial charge in [-0.2, -0.15) is 0 Å². The number of nitro groups is 1. The van der Waals surface area contributed by atoms with Crippen LogP contribution in [-0.2, 0) is 0 Å². The molecule has 0 aliphatic heterocycles. The van der Waals surface area contributed by atoms with Crippen molar-refractivity contribution in [1.29, 1.82) is 0 Å². The molecule has 0 saturated carbocycles. The predicted molar refractivity (Wildman–Crippen MR) is 107 cm³/mol. The number of fused-ring (bicyclic) bond motifs is 1. The van der Waals surface area contributed by atoms with Crippen LogP contribution in [0, 0.1) is 10.1 Å². The standard InChI is InChI=1S/C19H17ClN2O3S/c1-3-11(2)12-7-9-13(10-8-12)21-19(23)18-16(20)14-5-4-6-15(22(24)25)17(14)26-18/h4-11H,3H2,1-2H3,(H,21,23)/t11-/m1/s1. The van der Waals surface area contributed by atoms with E-state index in [1.54, 1.807) is 12.1 Å². The highest BCUT2D eigenvalue weighted by molar-refractivity contribution is 7.22. The van der Waals surface area contributed by atoms with Crippen LogP contribution >= 0.6 is 22.9 Å². The number of anilines is 1. The van der Waals surface area contributed by atoms with Crippen molar-refractivity contribution in [3.8, 4) is 0 Å². The van der Waals surface area contributed by atoms with E-state index in [1.165, 1.54) is 11.6 Å². The van der Waals surface area contributed by atoms with Gasteiger partial charge in [0, 0.05) is 17.1 Å². The number of hydrogen-bond acceptors (Lipinski definition) is 4. The Balaban J connectivity index is 1.89. The fraction of sp³-hybridized carbons (Fsp3) is 0.211. The van der Waals surface area contributed by atoms with Crippen molar-refractivity contribution in [1.82, 2.24) is 0 Å². The minimum Gasteiger partial charge on any atom is -0.321 e. The van der Waals surface area contributed by atoms with E-state index in [-0.39, 0.29) is 21.5 Å². The van der Waals surface area contributed by atoms with E-state index < -0.39 is 4.92 Å². The Labute approximate surface area is 159 Å². The normalized spacial score (nSPS) is 12.1. The molecule has 1 aromatic heterocycles. The molecular formula is C19H17ClN2O3S. The minimum absolute atomic E-state index is 0.0497. The Kier molecular flexibility index (Phi) is 5.25. The predicted octanol–water partition coefficient (Wildman–Crippen LogP) is 6.23. The van der Waals surface area contributed by atoms with Crippen molar-refractivity contribution in [3.63, 3.8) is 0 Å². The summed E-state index contributed by atoms with van der Waals surface area (Å²) in [6.45, 7) is 4.28. The number of non-ortho nitro benzene ring substituents is 1. The third-order valence-corrected chi connectivity index (χ3v) is 6.12. The number of carbonyl (C=O) groups excluding carboxylic acids is 1. The number of rotatable bonds is 5. The summed E-state index contributed by atoms with van der Waals surface area (Å²) < 4.78 is 0.403. The van der Waals surface area contributed by atoms with Gasteiger partial charge < -0.3 is 5.32 Å². The number of thiophene rings is 1. The van der Waals surface area contributed by atoms with Crippen LogP contribution in [0.5, 0.6) is 0 Å². The number of carbonyl (C=O) groups is 1. The van der Waals surface area contributed by atoms with Crippen molar-refractivity contribution < 1.29 is 9.72 Å². The van der Waals surface area contributed by atoms with Crippen LogP contribution in [0.25, 0.3) is 10.1 Å². The average Bonchev–Trinajstić information content (AvgIpc) is 2.98. The van der Waals surface area contributed by atoms with Gasteiger partial charge in [0.1, 0.15) is 9.58 Å². The molecule has 0 aliphatic rings. The molecule has 3 aromatic rings. The summed E-state index contributed by atoms with van der Waals surface area (Å²) in [5.41, 5.74) is 1.82. The zero-order valence-electron chi connectivity index (χ0n) is 14.3. The highest BCUT2D eigenvalue weighted by atomic mass is 35.5. The zero-order valence-corrected chi connectivity index (χ0v) is 15.9. The summed E-state index contributed by atoms with van der Waals surface area (Å²) in [6.07, 6.45) is 1.04. The first-order valence-corrected chi connectivity index (χ1v) is 9.38. The first-order chi connectivity index (χ1) is 12.4. The zero-order chi connectivity index (χ0) is 18.8. The molecule has 3 rings (SSSR count). The molecule has 2 aromatic carbocycles. The first kappa shape index (κ1) is 18.4. The fourth-order valence-electron chi connectivity index (χ4n) is 2.68. The van der Waals surface area contributed by atoms with Crippen LogP contribution in [0.15, 0.2) is 42.5 Å². The van der Waals surface area contributed by atoms with Crippen LogP contribution < -0.4 is 5.32 Å². The van der Waals surface area contributed by atoms with Gasteiger partial charge in [-0.1, -0.05) is 49.7 Å². The van der Waals surface area contributed by atoms with Gasteiger partial charge in [0.2, 0.25) is 0 Å². The summed E-state index contributed by atoms with van der Waals surface area (Å²) in [6, 6.07) is 12.3. The van der Waals surface area contributed by atoms with Gasteiger partial charge in [-0.05, 0) is 30.0 Å². The summed E-state index contributed by atoms with van der Waals surface area (Å²) in [5, 5.41) is 14.7. The first-order valence-electron chi connectivity index (χ1n) is 8.19. The van der Waals surface area contributed by atoms with Crippen LogP contribution in [0.2, 0.25) is 5.02 Å². The molecule has 1 heterocycles. The summed E-state index contributed by atoms with van der Waals surface area (Å²) >= 11 is 7.34. The Morgan fingerprint density at radius 1 is 1.27 bits per heavy atom. The lowest BCUT2D eigenvalue weighted by Crippen LogP contribution is -2.10. The monoisotopic (exact) mass is 388 g/mol. The topological polar surface area (TPSA) is 72.2 Å². The third-order valence-electron chi connectivity index (χ3n) is 4.39. The van der Waals surface area contributed by atoms with Gasteiger partial charge in [-0.3, -0.25) is 14.9 Å². The van der Waals surface area contributed by atoms with Crippen molar-refractivity contribution >= 4 is 50.3 Å². The number of nitrogens with one attached hydrogen (secondary N) is 1.